The summed E-state index contributed by atoms with van der Waals surface area (Å²) in [5.41, 5.74) is 13.9. The van der Waals surface area contributed by atoms with Gasteiger partial charge in [0.1, 0.15) is 50.8 Å². The van der Waals surface area contributed by atoms with Crippen molar-refractivity contribution in [3.05, 3.63) is 129 Å². The molecule has 0 aromatic carbocycles. The lowest BCUT2D eigenvalue weighted by Crippen LogP contribution is -2.23. The normalized spacial score (nSPS) is 15.9. The molecule has 0 aliphatic heterocycles. The number of rotatable bonds is 21. The molecule has 4 heterocycles. The highest BCUT2D eigenvalue weighted by atomic mass is 16.6. The summed E-state index contributed by atoms with van der Waals surface area (Å²) in [7, 11) is 4.67. The maximum Gasteiger partial charge on any atom is 0.142 e. The predicted octanol–water partition coefficient (Wildman–Crippen LogP) is 8.26. The third-order valence-corrected chi connectivity index (χ3v) is 10.6. The monoisotopic (exact) mass is 814 g/mol. The second-order valence-corrected chi connectivity index (χ2v) is 15.2. The van der Waals surface area contributed by atoms with Crippen LogP contribution in [0.15, 0.2) is 87.9 Å². The lowest BCUT2D eigenvalue weighted by atomic mass is 9.93. The number of nitrogens with zero attached hydrogens (tertiary/aromatic N) is 8. The fourth-order valence-corrected chi connectivity index (χ4v) is 7.67. The SMILES string of the molecule is C=CCOC(Cc1ccc2c(n1)/C(=N/OC)CCC2)Cc1ccc2c(n1)/C(=N/OCc1cc(CCCCCc3cccc(/C(C)=N/OC)n3)nc(/C(C)=N/OC)c1)CCC2. The van der Waals surface area contributed by atoms with E-state index in [0.29, 0.717) is 25.2 Å². The minimum atomic E-state index is -0.147. The molecule has 13 nitrogen and oxygen atoms in total. The first-order chi connectivity index (χ1) is 29.4. The molecule has 2 aliphatic rings. The molecule has 0 N–H and O–H groups in total. The summed E-state index contributed by atoms with van der Waals surface area (Å²) < 4.78 is 6.29. The van der Waals surface area contributed by atoms with Crippen molar-refractivity contribution in [2.45, 2.75) is 110 Å². The average molecular weight is 815 g/mol. The Hall–Kier alpha value is -5.82. The van der Waals surface area contributed by atoms with Gasteiger partial charge in [0.05, 0.1) is 35.5 Å². The van der Waals surface area contributed by atoms with Crippen molar-refractivity contribution in [2.24, 2.45) is 20.6 Å². The molecule has 1 atom stereocenters. The zero-order valence-electron chi connectivity index (χ0n) is 35.8. The predicted molar refractivity (Wildman–Crippen MR) is 235 cm³/mol. The van der Waals surface area contributed by atoms with Crippen LogP contribution in [-0.4, -0.2) is 76.8 Å². The van der Waals surface area contributed by atoms with Crippen LogP contribution in [0.2, 0.25) is 0 Å². The minimum Gasteiger partial charge on any atom is -0.399 e. The Morgan fingerprint density at radius 1 is 0.667 bits per heavy atom. The van der Waals surface area contributed by atoms with Gasteiger partial charge in [0.2, 0.25) is 0 Å². The van der Waals surface area contributed by atoms with E-state index in [0.717, 1.165) is 139 Å². The van der Waals surface area contributed by atoms with Crippen LogP contribution in [0.1, 0.15) is 121 Å². The van der Waals surface area contributed by atoms with Crippen LogP contribution in [0.4, 0.5) is 0 Å². The second-order valence-electron chi connectivity index (χ2n) is 15.2. The number of hydrogen-bond donors (Lipinski definition) is 0. The summed E-state index contributed by atoms with van der Waals surface area (Å²) in [4.78, 5) is 41.0. The number of ether oxygens (including phenoxy) is 1. The van der Waals surface area contributed by atoms with Gasteiger partial charge in [-0.05, 0) is 131 Å². The van der Waals surface area contributed by atoms with E-state index < -0.39 is 0 Å². The molecule has 2 aliphatic carbocycles. The Balaban J connectivity index is 1.10. The van der Waals surface area contributed by atoms with Crippen molar-refractivity contribution in [2.75, 3.05) is 27.9 Å². The number of aromatic nitrogens is 4. The molecule has 0 radical (unpaired) electrons. The van der Waals surface area contributed by atoms with E-state index in [9.17, 15) is 0 Å². The van der Waals surface area contributed by atoms with Crippen molar-refractivity contribution >= 4 is 22.8 Å². The number of unbranched alkanes of at least 4 members (excludes halogenated alkanes) is 2. The highest BCUT2D eigenvalue weighted by molar-refractivity contribution is 6.01. The zero-order valence-corrected chi connectivity index (χ0v) is 35.8. The van der Waals surface area contributed by atoms with E-state index in [4.69, 9.17) is 44.0 Å². The van der Waals surface area contributed by atoms with Crippen LogP contribution in [-0.2, 0) is 69.2 Å². The summed E-state index contributed by atoms with van der Waals surface area (Å²) in [5.74, 6) is 0. The minimum absolute atomic E-state index is 0.147. The molecule has 0 saturated carbocycles. The van der Waals surface area contributed by atoms with E-state index in [1.165, 1.54) is 11.1 Å². The Labute approximate surface area is 354 Å². The van der Waals surface area contributed by atoms with E-state index in [1.807, 2.05) is 32.0 Å². The van der Waals surface area contributed by atoms with Crippen LogP contribution in [0.5, 0.6) is 0 Å². The van der Waals surface area contributed by atoms with Gasteiger partial charge >= 0.3 is 0 Å². The lowest BCUT2D eigenvalue weighted by molar-refractivity contribution is 0.0736. The number of aryl methyl sites for hydroxylation is 4. The van der Waals surface area contributed by atoms with Gasteiger partial charge < -0.3 is 24.1 Å². The first-order valence-corrected chi connectivity index (χ1v) is 21.0. The van der Waals surface area contributed by atoms with Crippen LogP contribution in [0.25, 0.3) is 0 Å². The summed E-state index contributed by atoms with van der Waals surface area (Å²) in [6.07, 6.45) is 13.3. The third kappa shape index (κ3) is 12.4. The van der Waals surface area contributed by atoms with Gasteiger partial charge in [-0.1, -0.05) is 51.3 Å². The first-order valence-electron chi connectivity index (χ1n) is 21.0. The lowest BCUT2D eigenvalue weighted by Gasteiger charge is -2.21. The van der Waals surface area contributed by atoms with E-state index in [1.54, 1.807) is 27.4 Å². The Bertz CT molecular complexity index is 2200. The smallest absolute Gasteiger partial charge is 0.142 e. The third-order valence-electron chi connectivity index (χ3n) is 10.6. The highest BCUT2D eigenvalue weighted by Crippen LogP contribution is 2.25. The molecule has 316 valence electrons. The average Bonchev–Trinajstić information content (AvgIpc) is 3.26. The van der Waals surface area contributed by atoms with Gasteiger partial charge in [-0.15, -0.1) is 6.58 Å². The van der Waals surface area contributed by atoms with E-state index in [2.05, 4.69) is 63.6 Å². The molecule has 13 heteroatoms. The molecule has 0 fully saturated rings. The molecule has 0 saturated heterocycles. The van der Waals surface area contributed by atoms with Crippen LogP contribution < -0.4 is 0 Å². The molecule has 4 aromatic heterocycles. The van der Waals surface area contributed by atoms with Crippen molar-refractivity contribution in [3.63, 3.8) is 0 Å². The molecule has 0 spiro atoms. The number of fused-ring (bicyclic) bond motifs is 2. The van der Waals surface area contributed by atoms with Crippen molar-refractivity contribution in [1.82, 2.24) is 19.9 Å². The van der Waals surface area contributed by atoms with Gasteiger partial charge in [0.25, 0.3) is 0 Å². The fourth-order valence-electron chi connectivity index (χ4n) is 7.67. The molecule has 0 amide bonds. The van der Waals surface area contributed by atoms with E-state index in [-0.39, 0.29) is 12.7 Å². The molecular weight excluding hydrogens is 757 g/mol. The summed E-state index contributed by atoms with van der Waals surface area (Å²) in [5, 5.41) is 17.1. The molecule has 0 bridgehead atoms. The molecule has 1 unspecified atom stereocenters. The van der Waals surface area contributed by atoms with Crippen LogP contribution in [0.3, 0.4) is 0 Å². The maximum absolute atomic E-state index is 6.29. The van der Waals surface area contributed by atoms with Gasteiger partial charge in [-0.25, -0.2) is 0 Å². The zero-order chi connectivity index (χ0) is 42.1. The van der Waals surface area contributed by atoms with Crippen molar-refractivity contribution in [1.29, 1.82) is 0 Å². The van der Waals surface area contributed by atoms with Crippen molar-refractivity contribution < 1.29 is 24.1 Å². The Morgan fingerprint density at radius 2 is 1.28 bits per heavy atom. The van der Waals surface area contributed by atoms with Crippen molar-refractivity contribution in [3.8, 4) is 0 Å². The number of pyridine rings is 4. The van der Waals surface area contributed by atoms with Gasteiger partial charge in [-0.3, -0.25) is 19.9 Å². The molecule has 4 aromatic rings. The van der Waals surface area contributed by atoms with Gasteiger partial charge in [-0.2, -0.15) is 0 Å². The largest absolute Gasteiger partial charge is 0.399 e. The standard InChI is InChI=1S/C47H58N8O5/c1-7-26-59-41(29-39-24-22-35-14-11-20-43(54-58-6)46(35)50-39)30-40-25-23-36-15-12-21-44(47(36)51-40)55-60-31-34-27-38(49-45(28-34)33(3)53-57-5)17-10-8-9-16-37-18-13-19-42(48-37)32(2)52-56-4/h7,13,18-19,22-25,27-28,41H,1,8-12,14-17,20-21,26,29-31H2,2-6H3/b52-32+,53-33+,54-43+,55-44+. The summed E-state index contributed by atoms with van der Waals surface area (Å²) >= 11 is 0. The van der Waals surface area contributed by atoms with Gasteiger partial charge in [0.15, 0.2) is 0 Å². The summed E-state index contributed by atoms with van der Waals surface area (Å²) in [6.45, 7) is 8.40. The van der Waals surface area contributed by atoms with Crippen LogP contribution in [0, 0.1) is 0 Å². The van der Waals surface area contributed by atoms with Gasteiger partial charge in [0, 0.05) is 35.6 Å². The topological polar surface area (TPSA) is 147 Å². The fraction of sp³-hybridized carbons (Fsp3) is 0.447. The molecule has 6 rings (SSSR count). The Morgan fingerprint density at radius 3 is 1.92 bits per heavy atom. The van der Waals surface area contributed by atoms with E-state index >= 15 is 0 Å². The number of hydrogen-bond acceptors (Lipinski definition) is 13. The quantitative estimate of drug-likeness (QED) is 0.0351. The highest BCUT2D eigenvalue weighted by Gasteiger charge is 2.23. The summed E-state index contributed by atoms with van der Waals surface area (Å²) in [6, 6.07) is 18.7. The first kappa shape index (κ1) is 43.8. The number of oxime groups is 4. The van der Waals surface area contributed by atoms with Crippen LogP contribution >= 0.6 is 0 Å². The maximum atomic E-state index is 6.29. The second kappa shape index (κ2) is 22.5. The molecule has 60 heavy (non-hydrogen) atoms. The Kier molecular flexibility index (Phi) is 16.4. The molecular formula is C47H58N8O5.